The summed E-state index contributed by atoms with van der Waals surface area (Å²) in [6, 6.07) is 0. The highest BCUT2D eigenvalue weighted by Crippen LogP contribution is 2.44. The lowest BCUT2D eigenvalue weighted by molar-refractivity contribution is -0.145. The molecule has 0 amide bonds. The molecule has 2 aliphatic carbocycles. The lowest BCUT2D eigenvalue weighted by Crippen LogP contribution is -2.31. The fourth-order valence-electron chi connectivity index (χ4n) is 5.91. The standard InChI is InChI=1S/C28H46O6/c1-4-5-6-7-22-8-10-23(11-9-22)24-12-14-25(15-13-24)26(16-17-33-28(32)21(3)30)19-34-27(31)20(2)18-29/h22-26,29-30H,2-19H2,1H3. The molecule has 2 saturated carbocycles. The Morgan fingerprint density at radius 2 is 1.53 bits per heavy atom. The molecule has 2 N–H and O–H groups in total. The molecule has 1 unspecified atom stereocenters. The number of ether oxygens (including phenoxy) is 2. The zero-order chi connectivity index (χ0) is 24.9. The summed E-state index contributed by atoms with van der Waals surface area (Å²) in [5, 5.41) is 18.3. The summed E-state index contributed by atoms with van der Waals surface area (Å²) in [5.41, 5.74) is 0.0377. The number of esters is 2. The SMILES string of the molecule is C=C(O)C(=O)OCCC(COC(=O)C(=C)CO)C1CCC(C2CCC(CCCCC)CC2)CC1. The summed E-state index contributed by atoms with van der Waals surface area (Å²) in [6.45, 7) is 8.91. The Morgan fingerprint density at radius 3 is 2.09 bits per heavy atom. The second kappa shape index (κ2) is 15.2. The van der Waals surface area contributed by atoms with Gasteiger partial charge < -0.3 is 19.7 Å². The minimum Gasteiger partial charge on any atom is -0.502 e. The van der Waals surface area contributed by atoms with Crippen LogP contribution >= 0.6 is 0 Å². The normalized spacial score (nSPS) is 25.8. The van der Waals surface area contributed by atoms with Crippen molar-refractivity contribution in [2.45, 2.75) is 90.4 Å². The van der Waals surface area contributed by atoms with Gasteiger partial charge in [0.05, 0.1) is 25.4 Å². The minimum absolute atomic E-state index is 0.0377. The Labute approximate surface area is 205 Å². The van der Waals surface area contributed by atoms with E-state index in [0.29, 0.717) is 12.3 Å². The molecule has 0 aliphatic heterocycles. The molecule has 34 heavy (non-hydrogen) atoms. The van der Waals surface area contributed by atoms with E-state index in [-0.39, 0.29) is 24.7 Å². The van der Waals surface area contributed by atoms with Crippen LogP contribution in [0.1, 0.15) is 90.4 Å². The Hall–Kier alpha value is -1.82. The van der Waals surface area contributed by atoms with Crippen LogP contribution in [-0.4, -0.2) is 42.0 Å². The van der Waals surface area contributed by atoms with Crippen LogP contribution in [0.25, 0.3) is 0 Å². The van der Waals surface area contributed by atoms with E-state index in [1.54, 1.807) is 0 Å². The second-order valence-corrected chi connectivity index (χ2v) is 10.4. The third kappa shape index (κ3) is 9.44. The Morgan fingerprint density at radius 1 is 0.912 bits per heavy atom. The average Bonchev–Trinajstić information content (AvgIpc) is 2.85. The van der Waals surface area contributed by atoms with Crippen LogP contribution in [0.5, 0.6) is 0 Å². The van der Waals surface area contributed by atoms with E-state index in [1.165, 1.54) is 64.2 Å². The summed E-state index contributed by atoms with van der Waals surface area (Å²) in [7, 11) is 0. The number of unbranched alkanes of at least 4 members (excludes halogenated alkanes) is 2. The molecule has 0 radical (unpaired) electrons. The maximum Gasteiger partial charge on any atom is 0.372 e. The topological polar surface area (TPSA) is 93.1 Å². The van der Waals surface area contributed by atoms with Crippen LogP contribution in [0.3, 0.4) is 0 Å². The summed E-state index contributed by atoms with van der Waals surface area (Å²) < 4.78 is 10.5. The van der Waals surface area contributed by atoms with Gasteiger partial charge in [-0.1, -0.05) is 52.0 Å². The van der Waals surface area contributed by atoms with Gasteiger partial charge in [0.1, 0.15) is 0 Å². The first kappa shape index (κ1) is 28.4. The van der Waals surface area contributed by atoms with Crippen molar-refractivity contribution in [1.29, 1.82) is 0 Å². The van der Waals surface area contributed by atoms with E-state index >= 15 is 0 Å². The number of aliphatic hydroxyl groups is 2. The summed E-state index contributed by atoms with van der Waals surface area (Å²) in [6.07, 6.45) is 16.1. The molecule has 2 aliphatic rings. The third-order valence-electron chi connectivity index (χ3n) is 8.12. The molecular formula is C28H46O6. The van der Waals surface area contributed by atoms with Crippen LogP contribution in [0.4, 0.5) is 0 Å². The molecule has 194 valence electrons. The highest BCUT2D eigenvalue weighted by atomic mass is 16.5. The number of aliphatic hydroxyl groups excluding tert-OH is 2. The van der Waals surface area contributed by atoms with Gasteiger partial charge in [-0.05, 0) is 81.1 Å². The van der Waals surface area contributed by atoms with Crippen molar-refractivity contribution in [3.05, 3.63) is 24.5 Å². The molecule has 0 heterocycles. The molecule has 0 aromatic carbocycles. The maximum absolute atomic E-state index is 12.0. The van der Waals surface area contributed by atoms with E-state index in [9.17, 15) is 9.59 Å². The van der Waals surface area contributed by atoms with Gasteiger partial charge in [-0.15, -0.1) is 0 Å². The highest BCUT2D eigenvalue weighted by molar-refractivity contribution is 5.87. The van der Waals surface area contributed by atoms with Crippen LogP contribution in [0.2, 0.25) is 0 Å². The van der Waals surface area contributed by atoms with Crippen LogP contribution < -0.4 is 0 Å². The van der Waals surface area contributed by atoms with Gasteiger partial charge in [-0.2, -0.15) is 0 Å². The van der Waals surface area contributed by atoms with Gasteiger partial charge in [-0.25, -0.2) is 9.59 Å². The van der Waals surface area contributed by atoms with Crippen LogP contribution in [0.15, 0.2) is 24.5 Å². The average molecular weight is 479 g/mol. The summed E-state index contributed by atoms with van der Waals surface area (Å²) >= 11 is 0. The summed E-state index contributed by atoms with van der Waals surface area (Å²) in [5.74, 6) is 1.02. The predicted octanol–water partition coefficient (Wildman–Crippen LogP) is 5.89. The number of hydrogen-bond donors (Lipinski definition) is 2. The van der Waals surface area contributed by atoms with E-state index < -0.39 is 24.3 Å². The van der Waals surface area contributed by atoms with Crippen molar-refractivity contribution in [1.82, 2.24) is 0 Å². The van der Waals surface area contributed by atoms with E-state index in [0.717, 1.165) is 30.6 Å². The second-order valence-electron chi connectivity index (χ2n) is 10.4. The van der Waals surface area contributed by atoms with Crippen molar-refractivity contribution in [3.8, 4) is 0 Å². The fourth-order valence-corrected chi connectivity index (χ4v) is 5.91. The largest absolute Gasteiger partial charge is 0.502 e. The van der Waals surface area contributed by atoms with E-state index in [4.69, 9.17) is 19.7 Å². The van der Waals surface area contributed by atoms with Crippen molar-refractivity contribution >= 4 is 11.9 Å². The molecule has 0 spiro atoms. The summed E-state index contributed by atoms with van der Waals surface area (Å²) in [4.78, 5) is 23.5. The Kier molecular flexibility index (Phi) is 12.7. The zero-order valence-corrected chi connectivity index (χ0v) is 21.1. The maximum atomic E-state index is 12.0. The molecule has 2 rings (SSSR count). The third-order valence-corrected chi connectivity index (χ3v) is 8.12. The Bertz CT molecular complexity index is 656. The lowest BCUT2D eigenvalue weighted by atomic mass is 9.67. The molecule has 0 saturated heterocycles. The molecule has 6 nitrogen and oxygen atoms in total. The monoisotopic (exact) mass is 478 g/mol. The Balaban J connectivity index is 1.82. The molecule has 6 heteroatoms. The first-order valence-corrected chi connectivity index (χ1v) is 13.4. The van der Waals surface area contributed by atoms with Gasteiger partial charge in [0.15, 0.2) is 5.76 Å². The number of rotatable bonds is 14. The smallest absolute Gasteiger partial charge is 0.372 e. The molecule has 1 atom stereocenters. The molecular weight excluding hydrogens is 432 g/mol. The van der Waals surface area contributed by atoms with E-state index in [2.05, 4.69) is 20.1 Å². The molecule has 0 aromatic heterocycles. The van der Waals surface area contributed by atoms with Gasteiger partial charge in [0.2, 0.25) is 0 Å². The number of carbonyl (C=O) groups is 2. The van der Waals surface area contributed by atoms with Gasteiger partial charge >= 0.3 is 11.9 Å². The molecule has 0 aromatic rings. The van der Waals surface area contributed by atoms with Gasteiger partial charge in [0.25, 0.3) is 0 Å². The number of carbonyl (C=O) groups excluding carboxylic acids is 2. The molecule has 2 fully saturated rings. The number of hydrogen-bond acceptors (Lipinski definition) is 6. The first-order valence-electron chi connectivity index (χ1n) is 13.4. The molecule has 0 bridgehead atoms. The van der Waals surface area contributed by atoms with Gasteiger partial charge in [-0.3, -0.25) is 0 Å². The van der Waals surface area contributed by atoms with E-state index in [1.807, 2.05) is 0 Å². The highest BCUT2D eigenvalue weighted by Gasteiger charge is 2.34. The zero-order valence-electron chi connectivity index (χ0n) is 21.1. The van der Waals surface area contributed by atoms with Crippen molar-refractivity contribution in [2.75, 3.05) is 19.8 Å². The lowest BCUT2D eigenvalue weighted by Gasteiger charge is -2.39. The predicted molar refractivity (Wildman–Crippen MR) is 133 cm³/mol. The van der Waals surface area contributed by atoms with Crippen molar-refractivity contribution < 1.29 is 29.3 Å². The van der Waals surface area contributed by atoms with Crippen LogP contribution in [-0.2, 0) is 19.1 Å². The first-order chi connectivity index (χ1) is 16.3. The van der Waals surface area contributed by atoms with Crippen molar-refractivity contribution in [2.24, 2.45) is 29.6 Å². The fraction of sp³-hybridized carbons (Fsp3) is 0.786. The quantitative estimate of drug-likeness (QED) is 0.140. The van der Waals surface area contributed by atoms with Crippen LogP contribution in [0, 0.1) is 29.6 Å². The van der Waals surface area contributed by atoms with Crippen molar-refractivity contribution in [3.63, 3.8) is 0 Å². The van der Waals surface area contributed by atoms with Gasteiger partial charge in [0, 0.05) is 0 Å². The minimum atomic E-state index is -0.821.